The van der Waals surface area contributed by atoms with Gasteiger partial charge < -0.3 is 5.32 Å². The lowest BCUT2D eigenvalue weighted by Crippen LogP contribution is -2.57. The maximum atomic E-state index is 12.4. The average molecular weight is 297 g/mol. The lowest BCUT2D eigenvalue weighted by Gasteiger charge is -2.37. The number of hydrogen-bond acceptors (Lipinski definition) is 5. The van der Waals surface area contributed by atoms with Crippen LogP contribution in [-0.4, -0.2) is 75.7 Å². The highest BCUT2D eigenvalue weighted by Gasteiger charge is 2.39. The Labute approximate surface area is 108 Å². The second-order valence-corrected chi connectivity index (χ2v) is 8.84. The van der Waals surface area contributed by atoms with E-state index in [1.165, 1.54) is 8.61 Å². The van der Waals surface area contributed by atoms with Gasteiger partial charge >= 0.3 is 0 Å². The van der Waals surface area contributed by atoms with Gasteiger partial charge in [-0.25, -0.2) is 8.42 Å². The van der Waals surface area contributed by atoms with E-state index < -0.39 is 26.1 Å². The molecule has 0 bridgehead atoms. The van der Waals surface area contributed by atoms with Gasteiger partial charge in [-0.1, -0.05) is 0 Å². The number of sulfone groups is 1. The van der Waals surface area contributed by atoms with Gasteiger partial charge in [0.1, 0.15) is 0 Å². The first-order valence-corrected chi connectivity index (χ1v) is 9.23. The third kappa shape index (κ3) is 2.85. The molecule has 1 unspecified atom stereocenters. The second kappa shape index (κ2) is 5.04. The van der Waals surface area contributed by atoms with Crippen LogP contribution in [0.5, 0.6) is 0 Å². The van der Waals surface area contributed by atoms with Gasteiger partial charge in [-0.3, -0.25) is 0 Å². The van der Waals surface area contributed by atoms with Crippen LogP contribution in [0.2, 0.25) is 0 Å². The summed E-state index contributed by atoms with van der Waals surface area (Å²) in [4.78, 5) is 0. The maximum Gasteiger partial charge on any atom is 0.282 e. The van der Waals surface area contributed by atoms with Crippen LogP contribution in [0.15, 0.2) is 0 Å². The zero-order valence-corrected chi connectivity index (χ0v) is 12.0. The van der Waals surface area contributed by atoms with Crippen molar-refractivity contribution in [2.45, 2.75) is 13.0 Å². The van der Waals surface area contributed by atoms with E-state index in [1.807, 2.05) is 0 Å². The number of nitrogens with zero attached hydrogens (tertiary/aromatic N) is 2. The van der Waals surface area contributed by atoms with Crippen molar-refractivity contribution >= 4 is 20.0 Å². The predicted octanol–water partition coefficient (Wildman–Crippen LogP) is -1.74. The highest BCUT2D eigenvalue weighted by molar-refractivity contribution is 7.91. The molecule has 0 aromatic rings. The van der Waals surface area contributed by atoms with Crippen molar-refractivity contribution in [3.8, 4) is 0 Å². The largest absolute Gasteiger partial charge is 0.314 e. The highest BCUT2D eigenvalue weighted by Crippen LogP contribution is 2.18. The van der Waals surface area contributed by atoms with E-state index in [1.54, 1.807) is 6.92 Å². The molecule has 18 heavy (non-hydrogen) atoms. The van der Waals surface area contributed by atoms with E-state index in [9.17, 15) is 16.8 Å². The lowest BCUT2D eigenvalue weighted by molar-refractivity contribution is 0.289. The van der Waals surface area contributed by atoms with Crippen LogP contribution in [0, 0.1) is 0 Å². The molecule has 9 heteroatoms. The van der Waals surface area contributed by atoms with Crippen LogP contribution in [0.4, 0.5) is 0 Å². The Morgan fingerprint density at radius 1 is 1.17 bits per heavy atom. The number of piperazine rings is 1. The van der Waals surface area contributed by atoms with E-state index in [0.717, 1.165) is 0 Å². The zero-order chi connectivity index (χ0) is 13.4. The fourth-order valence-electron chi connectivity index (χ4n) is 2.35. The molecule has 7 nitrogen and oxygen atoms in total. The smallest absolute Gasteiger partial charge is 0.282 e. The van der Waals surface area contributed by atoms with Crippen LogP contribution in [-0.2, 0) is 20.0 Å². The van der Waals surface area contributed by atoms with E-state index >= 15 is 0 Å². The van der Waals surface area contributed by atoms with Crippen molar-refractivity contribution in [2.24, 2.45) is 0 Å². The van der Waals surface area contributed by atoms with Crippen LogP contribution >= 0.6 is 0 Å². The molecule has 2 fully saturated rings. The Morgan fingerprint density at radius 2 is 1.78 bits per heavy atom. The summed E-state index contributed by atoms with van der Waals surface area (Å²) in [5, 5.41) is 3.09. The van der Waals surface area contributed by atoms with Crippen molar-refractivity contribution in [1.29, 1.82) is 0 Å². The van der Waals surface area contributed by atoms with Crippen molar-refractivity contribution in [3.05, 3.63) is 0 Å². The normalized spacial score (nSPS) is 31.3. The minimum atomic E-state index is -3.52. The van der Waals surface area contributed by atoms with Crippen LogP contribution in [0.1, 0.15) is 6.92 Å². The summed E-state index contributed by atoms with van der Waals surface area (Å²) < 4.78 is 50.5. The topological polar surface area (TPSA) is 86.8 Å². The summed E-state index contributed by atoms with van der Waals surface area (Å²) in [5.41, 5.74) is 0. The third-order valence-corrected chi connectivity index (χ3v) is 7.26. The quantitative estimate of drug-likeness (QED) is 0.653. The second-order valence-electron chi connectivity index (χ2n) is 4.73. The average Bonchev–Trinajstić information content (AvgIpc) is 2.28. The minimum Gasteiger partial charge on any atom is -0.314 e. The molecule has 106 valence electrons. The van der Waals surface area contributed by atoms with E-state index in [0.29, 0.717) is 26.2 Å². The van der Waals surface area contributed by atoms with Gasteiger partial charge in [-0.2, -0.15) is 17.0 Å². The minimum absolute atomic E-state index is 0.0652. The first-order chi connectivity index (χ1) is 8.33. The van der Waals surface area contributed by atoms with Gasteiger partial charge in [0.15, 0.2) is 9.84 Å². The van der Waals surface area contributed by atoms with Gasteiger partial charge in [0.25, 0.3) is 10.2 Å². The number of hydrogen-bond donors (Lipinski definition) is 1. The molecule has 2 aliphatic heterocycles. The third-order valence-electron chi connectivity index (χ3n) is 3.31. The van der Waals surface area contributed by atoms with E-state index in [-0.39, 0.29) is 18.1 Å². The molecule has 0 saturated carbocycles. The molecule has 0 spiro atoms. The Morgan fingerprint density at radius 3 is 2.33 bits per heavy atom. The Hall–Kier alpha value is -0.220. The van der Waals surface area contributed by atoms with Gasteiger partial charge in [-0.05, 0) is 6.92 Å². The van der Waals surface area contributed by atoms with Gasteiger partial charge in [0.05, 0.1) is 11.5 Å². The van der Waals surface area contributed by atoms with Gasteiger partial charge in [-0.15, -0.1) is 0 Å². The summed E-state index contributed by atoms with van der Waals surface area (Å²) in [6, 6.07) is -0.483. The first kappa shape index (κ1) is 14.2. The van der Waals surface area contributed by atoms with Crippen LogP contribution in [0.3, 0.4) is 0 Å². The summed E-state index contributed by atoms with van der Waals surface area (Å²) >= 11 is 0. The molecule has 2 rings (SSSR count). The van der Waals surface area contributed by atoms with Crippen molar-refractivity contribution in [1.82, 2.24) is 13.9 Å². The van der Waals surface area contributed by atoms with Crippen LogP contribution in [0.25, 0.3) is 0 Å². The predicted molar refractivity (Wildman–Crippen MR) is 68.2 cm³/mol. The first-order valence-electron chi connectivity index (χ1n) is 6.01. The maximum absolute atomic E-state index is 12.4. The summed E-state index contributed by atoms with van der Waals surface area (Å²) in [6.07, 6.45) is 0. The molecule has 0 amide bonds. The zero-order valence-electron chi connectivity index (χ0n) is 10.4. The van der Waals surface area contributed by atoms with Crippen molar-refractivity contribution in [2.75, 3.05) is 44.2 Å². The molecule has 0 aromatic carbocycles. The molecule has 2 aliphatic rings. The molecule has 2 heterocycles. The molecule has 0 aliphatic carbocycles. The highest BCUT2D eigenvalue weighted by atomic mass is 32.2. The Balaban J connectivity index is 2.15. The van der Waals surface area contributed by atoms with Crippen molar-refractivity contribution in [3.63, 3.8) is 0 Å². The number of nitrogens with one attached hydrogen (secondary N) is 1. The fourth-order valence-corrected chi connectivity index (χ4v) is 5.91. The van der Waals surface area contributed by atoms with Crippen molar-refractivity contribution < 1.29 is 16.8 Å². The summed E-state index contributed by atoms with van der Waals surface area (Å²) in [7, 11) is -6.62. The summed E-state index contributed by atoms with van der Waals surface area (Å²) in [5.74, 6) is -0.166. The van der Waals surface area contributed by atoms with Crippen LogP contribution < -0.4 is 5.32 Å². The van der Waals surface area contributed by atoms with Gasteiger partial charge in [0, 0.05) is 38.8 Å². The number of rotatable bonds is 2. The molecular weight excluding hydrogens is 278 g/mol. The summed E-state index contributed by atoms with van der Waals surface area (Å²) in [6.45, 7) is 3.88. The molecule has 0 aromatic heterocycles. The Bertz CT molecular complexity index is 496. The molecule has 0 radical (unpaired) electrons. The van der Waals surface area contributed by atoms with E-state index in [2.05, 4.69) is 5.32 Å². The molecule has 1 N–H and O–H groups in total. The lowest BCUT2D eigenvalue weighted by atomic mass is 10.4. The van der Waals surface area contributed by atoms with Gasteiger partial charge in [0.2, 0.25) is 0 Å². The standard InChI is InChI=1S/C9H19N3O4S2/c1-9-8-17(13,14)7-6-12(9)18(15,16)11-4-2-10-3-5-11/h9-10H,2-8H2,1H3. The molecule has 2 saturated heterocycles. The monoisotopic (exact) mass is 297 g/mol. The molecular formula is C9H19N3O4S2. The fraction of sp³-hybridized carbons (Fsp3) is 1.00. The molecule has 1 atom stereocenters. The SMILES string of the molecule is CC1CS(=O)(=O)CCN1S(=O)(=O)N1CCNCC1. The Kier molecular flexibility index (Phi) is 3.98. The van der Waals surface area contributed by atoms with E-state index in [4.69, 9.17) is 0 Å².